The van der Waals surface area contributed by atoms with E-state index in [4.69, 9.17) is 0 Å². The molecular weight excluding hydrogens is 119 g/mol. The minimum atomic E-state index is 0. The van der Waals surface area contributed by atoms with E-state index in [9.17, 15) is 0 Å². The van der Waals surface area contributed by atoms with E-state index in [1.165, 1.54) is 19.3 Å². The lowest BCUT2D eigenvalue weighted by atomic mass is 10.4. The van der Waals surface area contributed by atoms with Gasteiger partial charge in [-0.2, -0.15) is 0 Å². The molecule has 0 nitrogen and oxygen atoms in total. The first-order valence-electron chi connectivity index (χ1n) is 4.33. The smallest absolute Gasteiger partial charge is 0 e. The Labute approximate surface area is 70.0 Å². The van der Waals surface area contributed by atoms with Crippen LogP contribution < -0.4 is 0 Å². The Balaban J connectivity index is -0.0000000273. The molecule has 0 spiro atoms. The molecule has 0 amide bonds. The zero-order chi connectivity index (χ0) is 8.12. The second kappa shape index (κ2) is 62.8. The molecule has 0 aromatic rings. The Bertz CT molecular complexity index is 12.2. The van der Waals surface area contributed by atoms with Crippen molar-refractivity contribution < 1.29 is 0 Å². The molecule has 0 aromatic carbocycles. The van der Waals surface area contributed by atoms with Crippen molar-refractivity contribution in [2.75, 3.05) is 0 Å². The van der Waals surface area contributed by atoms with Gasteiger partial charge in [0.15, 0.2) is 0 Å². The van der Waals surface area contributed by atoms with Crippen molar-refractivity contribution in [3.63, 3.8) is 0 Å². The van der Waals surface area contributed by atoms with Gasteiger partial charge in [-0.1, -0.05) is 60.8 Å². The Morgan fingerprint density at radius 3 is 0.800 bits per heavy atom. The Kier molecular flexibility index (Phi) is 141. The Hall–Kier alpha value is 0.0649. The minimum Gasteiger partial charge on any atom is -0.0683 e. The summed E-state index contributed by atoms with van der Waals surface area (Å²) < 4.78 is 0. The van der Waals surface area contributed by atoms with Gasteiger partial charge in [0.1, 0.15) is 0 Å². The van der Waals surface area contributed by atoms with Gasteiger partial charge < -0.3 is 0 Å². The minimum absolute atomic E-state index is 0. The van der Waals surface area contributed by atoms with E-state index in [-0.39, 0.29) is 8.41 Å². The van der Waals surface area contributed by atoms with Crippen LogP contribution in [0.2, 0.25) is 0 Å². The zero-order valence-corrected chi connectivity index (χ0v) is 8.70. The summed E-state index contributed by atoms with van der Waals surface area (Å²) in [6.45, 7) is 12.6. The molecule has 3 radical (unpaired) electrons. The monoisotopic (exact) mass is 143 g/mol. The molecule has 0 bridgehead atoms. The third kappa shape index (κ3) is 355. The molecule has 10 heavy (non-hydrogen) atoms. The predicted molar refractivity (Wildman–Crippen MR) is 53.6 cm³/mol. The van der Waals surface area contributed by atoms with Gasteiger partial charge in [0.2, 0.25) is 0 Å². The van der Waals surface area contributed by atoms with Crippen LogP contribution in [0, 0.1) is 0 Å². The third-order valence-corrected chi connectivity index (χ3v) is 0.500. The summed E-state index contributed by atoms with van der Waals surface area (Å²) in [5.74, 6) is 0. The van der Waals surface area contributed by atoms with Gasteiger partial charge in [0.25, 0.3) is 0 Å². The highest BCUT2D eigenvalue weighted by Gasteiger charge is 1.56. The molecular formula is C9H24B. The van der Waals surface area contributed by atoms with E-state index in [1.807, 2.05) is 13.8 Å². The topological polar surface area (TPSA) is 0 Å². The third-order valence-electron chi connectivity index (χ3n) is 0.500. The lowest BCUT2D eigenvalue weighted by molar-refractivity contribution is 0.886. The summed E-state index contributed by atoms with van der Waals surface area (Å²) in [6.07, 6.45) is 3.89. The van der Waals surface area contributed by atoms with Crippen LogP contribution in [0.15, 0.2) is 0 Å². The van der Waals surface area contributed by atoms with Crippen LogP contribution in [0.25, 0.3) is 0 Å². The Morgan fingerprint density at radius 2 is 0.800 bits per heavy atom. The van der Waals surface area contributed by atoms with E-state index in [0.29, 0.717) is 0 Å². The zero-order valence-electron chi connectivity index (χ0n) is 8.70. The van der Waals surface area contributed by atoms with Gasteiger partial charge in [-0.25, -0.2) is 0 Å². The molecule has 0 aromatic heterocycles. The van der Waals surface area contributed by atoms with Crippen LogP contribution >= 0.6 is 0 Å². The van der Waals surface area contributed by atoms with Crippen LogP contribution in [0.4, 0.5) is 0 Å². The molecule has 0 aliphatic heterocycles. The van der Waals surface area contributed by atoms with Crippen LogP contribution in [-0.2, 0) is 0 Å². The summed E-state index contributed by atoms with van der Waals surface area (Å²) in [5.41, 5.74) is 0. The van der Waals surface area contributed by atoms with Gasteiger partial charge in [-0.15, -0.1) is 0 Å². The average molecular weight is 143 g/mol. The molecule has 0 unspecified atom stereocenters. The molecule has 0 N–H and O–H groups in total. The van der Waals surface area contributed by atoms with Crippen molar-refractivity contribution in [2.24, 2.45) is 0 Å². The first kappa shape index (κ1) is 22.5. The highest BCUT2D eigenvalue weighted by molar-refractivity contribution is 5.75. The van der Waals surface area contributed by atoms with Gasteiger partial charge in [-0.05, 0) is 0 Å². The summed E-state index contributed by atoms with van der Waals surface area (Å²) in [6, 6.07) is 0. The molecule has 0 atom stereocenters. The molecule has 0 saturated carbocycles. The number of rotatable bonds is 1. The SMILES string of the molecule is CC.CCC.CCCC.[B]. The van der Waals surface area contributed by atoms with E-state index in [1.54, 1.807) is 0 Å². The van der Waals surface area contributed by atoms with E-state index in [0.717, 1.165) is 0 Å². The standard InChI is InChI=1S/C4H10.C3H8.C2H6.B/c1-3-4-2;1-3-2;1-2;/h3-4H2,1-2H3;3H2,1-2H3;1-2H3;. The van der Waals surface area contributed by atoms with Crippen molar-refractivity contribution in [1.82, 2.24) is 0 Å². The first-order valence-corrected chi connectivity index (χ1v) is 4.33. The largest absolute Gasteiger partial charge is 0.0683 e. The van der Waals surface area contributed by atoms with Crippen LogP contribution in [0.5, 0.6) is 0 Å². The second-order valence-corrected chi connectivity index (χ2v) is 1.71. The molecule has 0 saturated heterocycles. The maximum absolute atomic E-state index is 2.18. The van der Waals surface area contributed by atoms with Crippen molar-refractivity contribution in [3.05, 3.63) is 0 Å². The number of hydrogen-bond donors (Lipinski definition) is 0. The lowest BCUT2D eigenvalue weighted by Gasteiger charge is -1.68. The maximum atomic E-state index is 2.18. The van der Waals surface area contributed by atoms with Crippen molar-refractivity contribution in [2.45, 2.75) is 60.8 Å². The molecule has 1 heteroatoms. The summed E-state index contributed by atoms with van der Waals surface area (Å²) in [4.78, 5) is 0. The second-order valence-electron chi connectivity index (χ2n) is 1.71. The summed E-state index contributed by atoms with van der Waals surface area (Å²) >= 11 is 0. The van der Waals surface area contributed by atoms with Crippen molar-refractivity contribution in [3.8, 4) is 0 Å². The van der Waals surface area contributed by atoms with Gasteiger partial charge in [-0.3, -0.25) is 0 Å². The quantitative estimate of drug-likeness (QED) is 0.489. The lowest BCUT2D eigenvalue weighted by Crippen LogP contribution is -1.47. The van der Waals surface area contributed by atoms with Crippen molar-refractivity contribution in [1.29, 1.82) is 0 Å². The van der Waals surface area contributed by atoms with Gasteiger partial charge >= 0.3 is 0 Å². The number of unbranched alkanes of at least 4 members (excludes halogenated alkanes) is 1. The molecule has 0 aliphatic carbocycles. The summed E-state index contributed by atoms with van der Waals surface area (Å²) in [5, 5.41) is 0. The molecule has 0 rings (SSSR count). The van der Waals surface area contributed by atoms with Crippen LogP contribution in [-0.4, -0.2) is 8.41 Å². The van der Waals surface area contributed by atoms with Crippen molar-refractivity contribution >= 4 is 8.41 Å². The van der Waals surface area contributed by atoms with Crippen LogP contribution in [0.1, 0.15) is 60.8 Å². The highest BCUT2D eigenvalue weighted by Crippen LogP contribution is 1.76. The fourth-order valence-corrected chi connectivity index (χ4v) is 0. The maximum Gasteiger partial charge on any atom is 0 e. The number of hydrogen-bond acceptors (Lipinski definition) is 0. The first-order chi connectivity index (χ1) is 4.33. The van der Waals surface area contributed by atoms with Crippen LogP contribution in [0.3, 0.4) is 0 Å². The van der Waals surface area contributed by atoms with E-state index >= 15 is 0 Å². The summed E-state index contributed by atoms with van der Waals surface area (Å²) in [7, 11) is 0. The fraction of sp³-hybridized carbons (Fsp3) is 1.00. The normalized spacial score (nSPS) is 5.40. The fourth-order valence-electron chi connectivity index (χ4n) is 0. The van der Waals surface area contributed by atoms with Gasteiger partial charge in [0, 0.05) is 8.41 Å². The molecule has 63 valence electrons. The molecule has 0 fully saturated rings. The molecule has 0 aliphatic rings. The average Bonchev–Trinajstić information content (AvgIpc) is 1.94. The predicted octanol–water partition coefficient (Wildman–Crippen LogP) is 3.87. The Morgan fingerprint density at radius 1 is 0.700 bits per heavy atom. The van der Waals surface area contributed by atoms with E-state index in [2.05, 4.69) is 27.7 Å². The van der Waals surface area contributed by atoms with Gasteiger partial charge in [0.05, 0.1) is 0 Å². The molecule has 0 heterocycles. The van der Waals surface area contributed by atoms with E-state index < -0.39 is 0 Å². The highest BCUT2D eigenvalue weighted by atomic mass is 13.6.